The second-order valence-electron chi connectivity index (χ2n) is 5.41. The third-order valence-electron chi connectivity index (χ3n) is 3.49. The predicted octanol–water partition coefficient (Wildman–Crippen LogP) is 0.804. The van der Waals surface area contributed by atoms with Crippen LogP contribution in [-0.4, -0.2) is 35.9 Å². The van der Waals surface area contributed by atoms with Crippen LogP contribution in [0.2, 0.25) is 0 Å². The summed E-state index contributed by atoms with van der Waals surface area (Å²) in [5.74, 6) is -0.0683. The fourth-order valence-corrected chi connectivity index (χ4v) is 2.20. The molecule has 1 aliphatic heterocycles. The van der Waals surface area contributed by atoms with Crippen LogP contribution in [0.5, 0.6) is 5.75 Å². The number of nitriles is 1. The standard InChI is InChI=1S/C15H17N3O3/c1-15(2)14(20)18(13(19)8-17-15)9-10-4-5-12(21-3)11(6-10)7-16/h4-6,17H,8-9H2,1-3H3. The van der Waals surface area contributed by atoms with Crippen LogP contribution < -0.4 is 10.1 Å². The average Bonchev–Trinajstić information content (AvgIpc) is 2.48. The molecular formula is C15H17N3O3. The number of hydrogen-bond acceptors (Lipinski definition) is 5. The van der Waals surface area contributed by atoms with Crippen LogP contribution in [0.15, 0.2) is 18.2 Å². The van der Waals surface area contributed by atoms with Crippen molar-refractivity contribution < 1.29 is 14.3 Å². The molecular weight excluding hydrogens is 270 g/mol. The minimum Gasteiger partial charge on any atom is -0.495 e. The minimum absolute atomic E-state index is 0.125. The summed E-state index contributed by atoms with van der Waals surface area (Å²) in [7, 11) is 1.49. The maximum atomic E-state index is 12.3. The van der Waals surface area contributed by atoms with Gasteiger partial charge in [-0.2, -0.15) is 5.26 Å². The van der Waals surface area contributed by atoms with Crippen LogP contribution in [-0.2, 0) is 16.1 Å². The first-order chi connectivity index (χ1) is 9.89. The predicted molar refractivity (Wildman–Crippen MR) is 75.3 cm³/mol. The zero-order valence-electron chi connectivity index (χ0n) is 12.3. The Balaban J connectivity index is 2.27. The Morgan fingerprint density at radius 1 is 1.43 bits per heavy atom. The third kappa shape index (κ3) is 2.88. The van der Waals surface area contributed by atoms with Gasteiger partial charge in [-0.15, -0.1) is 0 Å². The van der Waals surface area contributed by atoms with E-state index in [0.717, 1.165) is 0 Å². The monoisotopic (exact) mass is 287 g/mol. The molecule has 6 nitrogen and oxygen atoms in total. The highest BCUT2D eigenvalue weighted by Crippen LogP contribution is 2.21. The summed E-state index contributed by atoms with van der Waals surface area (Å²) in [5.41, 5.74) is 0.328. The molecule has 2 rings (SSSR count). The van der Waals surface area contributed by atoms with Crippen molar-refractivity contribution in [3.05, 3.63) is 29.3 Å². The average molecular weight is 287 g/mol. The van der Waals surface area contributed by atoms with Crippen LogP contribution in [0.3, 0.4) is 0 Å². The van der Waals surface area contributed by atoms with Gasteiger partial charge in [-0.3, -0.25) is 19.8 Å². The van der Waals surface area contributed by atoms with Gasteiger partial charge in [0.1, 0.15) is 11.8 Å². The van der Waals surface area contributed by atoms with E-state index >= 15 is 0 Å². The summed E-state index contributed by atoms with van der Waals surface area (Å²) in [6.45, 7) is 3.76. The van der Waals surface area contributed by atoms with Gasteiger partial charge in [0.2, 0.25) is 11.8 Å². The Bertz CT molecular complexity index is 632. The van der Waals surface area contributed by atoms with Crippen molar-refractivity contribution in [2.75, 3.05) is 13.7 Å². The SMILES string of the molecule is COc1ccc(CN2C(=O)CNC(C)(C)C2=O)cc1C#N. The number of benzene rings is 1. The smallest absolute Gasteiger partial charge is 0.249 e. The van der Waals surface area contributed by atoms with E-state index in [4.69, 9.17) is 10.00 Å². The number of imide groups is 1. The Hall–Kier alpha value is -2.39. The molecule has 0 spiro atoms. The number of amides is 2. The van der Waals surface area contributed by atoms with Crippen molar-refractivity contribution in [3.63, 3.8) is 0 Å². The summed E-state index contributed by atoms with van der Waals surface area (Å²) in [6, 6.07) is 7.08. The van der Waals surface area contributed by atoms with Gasteiger partial charge in [0.15, 0.2) is 0 Å². The lowest BCUT2D eigenvalue weighted by molar-refractivity contribution is -0.153. The van der Waals surface area contributed by atoms with Crippen molar-refractivity contribution in [2.24, 2.45) is 0 Å². The molecule has 0 unspecified atom stereocenters. The quantitative estimate of drug-likeness (QED) is 0.832. The summed E-state index contributed by atoms with van der Waals surface area (Å²) >= 11 is 0. The number of ether oxygens (including phenoxy) is 1. The Labute approximate surface area is 123 Å². The van der Waals surface area contributed by atoms with Crippen molar-refractivity contribution in [1.82, 2.24) is 10.2 Å². The topological polar surface area (TPSA) is 82.4 Å². The first kappa shape index (κ1) is 15.0. The summed E-state index contributed by atoms with van der Waals surface area (Å²) in [5, 5.41) is 12.0. The number of rotatable bonds is 3. The second kappa shape index (κ2) is 5.54. The molecule has 0 saturated carbocycles. The molecule has 1 aliphatic rings. The van der Waals surface area contributed by atoms with E-state index in [-0.39, 0.29) is 24.9 Å². The van der Waals surface area contributed by atoms with Crippen LogP contribution in [0.25, 0.3) is 0 Å². The van der Waals surface area contributed by atoms with Gasteiger partial charge in [0.05, 0.1) is 31.3 Å². The number of nitrogens with zero attached hydrogens (tertiary/aromatic N) is 2. The molecule has 1 aromatic carbocycles. The first-order valence-electron chi connectivity index (χ1n) is 6.56. The highest BCUT2D eigenvalue weighted by atomic mass is 16.5. The lowest BCUT2D eigenvalue weighted by atomic mass is 9.99. The number of piperazine rings is 1. The molecule has 1 N–H and O–H groups in total. The Morgan fingerprint density at radius 2 is 2.14 bits per heavy atom. The maximum absolute atomic E-state index is 12.3. The van der Waals surface area contributed by atoms with Crippen molar-refractivity contribution >= 4 is 11.8 Å². The van der Waals surface area contributed by atoms with E-state index in [1.807, 2.05) is 6.07 Å². The van der Waals surface area contributed by atoms with Gasteiger partial charge < -0.3 is 4.74 Å². The molecule has 0 radical (unpaired) electrons. The molecule has 110 valence electrons. The number of methoxy groups -OCH3 is 1. The van der Waals surface area contributed by atoms with Gasteiger partial charge in [0.25, 0.3) is 0 Å². The van der Waals surface area contributed by atoms with E-state index in [9.17, 15) is 9.59 Å². The van der Waals surface area contributed by atoms with E-state index in [1.165, 1.54) is 12.0 Å². The van der Waals surface area contributed by atoms with E-state index < -0.39 is 5.54 Å². The van der Waals surface area contributed by atoms with Gasteiger partial charge in [-0.25, -0.2) is 0 Å². The molecule has 0 aliphatic carbocycles. The molecule has 0 bridgehead atoms. The summed E-state index contributed by atoms with van der Waals surface area (Å²) in [4.78, 5) is 25.4. The first-order valence-corrected chi connectivity index (χ1v) is 6.56. The Morgan fingerprint density at radius 3 is 2.76 bits per heavy atom. The second-order valence-corrected chi connectivity index (χ2v) is 5.41. The molecule has 1 saturated heterocycles. The number of carbonyl (C=O) groups is 2. The van der Waals surface area contributed by atoms with Crippen molar-refractivity contribution in [2.45, 2.75) is 25.9 Å². The molecule has 6 heteroatoms. The van der Waals surface area contributed by atoms with E-state index in [0.29, 0.717) is 16.9 Å². The lowest BCUT2D eigenvalue weighted by Crippen LogP contribution is -2.63. The largest absolute Gasteiger partial charge is 0.495 e. The molecule has 1 heterocycles. The molecule has 1 fully saturated rings. The van der Waals surface area contributed by atoms with Gasteiger partial charge in [-0.05, 0) is 31.5 Å². The van der Waals surface area contributed by atoms with Gasteiger partial charge >= 0.3 is 0 Å². The highest BCUT2D eigenvalue weighted by Gasteiger charge is 2.39. The Kier molecular flexibility index (Phi) is 3.96. The van der Waals surface area contributed by atoms with Gasteiger partial charge in [0, 0.05) is 0 Å². The van der Waals surface area contributed by atoms with Crippen molar-refractivity contribution in [1.29, 1.82) is 5.26 Å². The molecule has 21 heavy (non-hydrogen) atoms. The van der Waals surface area contributed by atoms with Crippen molar-refractivity contribution in [3.8, 4) is 11.8 Å². The fourth-order valence-electron chi connectivity index (χ4n) is 2.20. The highest BCUT2D eigenvalue weighted by molar-refractivity contribution is 6.02. The van der Waals surface area contributed by atoms with Gasteiger partial charge in [-0.1, -0.05) is 6.07 Å². The number of carbonyl (C=O) groups excluding carboxylic acids is 2. The minimum atomic E-state index is -0.765. The van der Waals surface area contributed by atoms with E-state index in [1.54, 1.807) is 32.0 Å². The van der Waals surface area contributed by atoms with Crippen LogP contribution in [0.4, 0.5) is 0 Å². The third-order valence-corrected chi connectivity index (χ3v) is 3.49. The molecule has 2 amide bonds. The van der Waals surface area contributed by atoms with Crippen LogP contribution in [0.1, 0.15) is 25.0 Å². The summed E-state index contributed by atoms with van der Waals surface area (Å²) < 4.78 is 5.08. The molecule has 0 aromatic heterocycles. The molecule has 0 atom stereocenters. The maximum Gasteiger partial charge on any atom is 0.249 e. The summed E-state index contributed by atoms with van der Waals surface area (Å²) in [6.07, 6.45) is 0. The van der Waals surface area contributed by atoms with Crippen LogP contribution in [0, 0.1) is 11.3 Å². The number of nitrogens with one attached hydrogen (secondary N) is 1. The zero-order chi connectivity index (χ0) is 15.6. The normalized spacial score (nSPS) is 17.5. The lowest BCUT2D eigenvalue weighted by Gasteiger charge is -2.36. The number of hydrogen-bond donors (Lipinski definition) is 1. The van der Waals surface area contributed by atoms with Crippen LogP contribution >= 0.6 is 0 Å². The van der Waals surface area contributed by atoms with E-state index in [2.05, 4.69) is 5.32 Å². The molecule has 1 aromatic rings. The fraction of sp³-hybridized carbons (Fsp3) is 0.400. The zero-order valence-corrected chi connectivity index (χ0v) is 12.3.